The van der Waals surface area contributed by atoms with E-state index in [1.165, 1.54) is 77.0 Å². The van der Waals surface area contributed by atoms with E-state index in [9.17, 15) is 14.3 Å². The Kier molecular flexibility index (Phi) is 44.6. The van der Waals surface area contributed by atoms with Crippen molar-refractivity contribution >= 4 is 13.8 Å². The molecule has 0 aromatic heterocycles. The van der Waals surface area contributed by atoms with Crippen molar-refractivity contribution in [3.8, 4) is 0 Å². The van der Waals surface area contributed by atoms with E-state index in [1.54, 1.807) is 0 Å². The maximum absolute atomic E-state index is 12.7. The Labute approximate surface area is 393 Å². The molecule has 0 spiro atoms. The standard InChI is InChI=1S/C55H94NO7P/c1-6-8-10-12-14-16-18-20-22-24-26-27-28-29-30-32-34-36-38-40-42-44-46-48-55(57)63-54(53-62-64(58,59)61-51-49-56(3,4)5)52-60-50-47-45-43-41-39-37-35-33-31-25-23-21-19-17-15-13-11-9-7-2/h8,10,14,16-17,19-20,22-23,25-27,29-30,34,36,40,42,54H,6-7,9,11-13,15,18,21,24,28,31-33,35,37-39,41,43-53H2,1-5H3/p+1/b10-8-,16-14-,19-17-,22-20-,25-23-,27-26-,30-29-,36-34-,42-40-. The summed E-state index contributed by atoms with van der Waals surface area (Å²) in [6.45, 7) is 5.38. The van der Waals surface area contributed by atoms with Crippen LogP contribution in [0.5, 0.6) is 0 Å². The lowest BCUT2D eigenvalue weighted by molar-refractivity contribution is -0.870. The van der Waals surface area contributed by atoms with E-state index in [1.807, 2.05) is 21.1 Å². The van der Waals surface area contributed by atoms with Crippen molar-refractivity contribution in [1.29, 1.82) is 0 Å². The fourth-order valence-corrected chi connectivity index (χ4v) is 6.96. The highest BCUT2D eigenvalue weighted by Gasteiger charge is 2.26. The summed E-state index contributed by atoms with van der Waals surface area (Å²) in [5.74, 6) is -0.377. The number of phosphoric acid groups is 1. The molecule has 0 aromatic carbocycles. The first-order valence-corrected chi connectivity index (χ1v) is 26.6. The number of rotatable bonds is 45. The summed E-state index contributed by atoms with van der Waals surface area (Å²) >= 11 is 0. The first-order chi connectivity index (χ1) is 31.1. The van der Waals surface area contributed by atoms with Gasteiger partial charge in [0.25, 0.3) is 0 Å². The van der Waals surface area contributed by atoms with Gasteiger partial charge in [-0.2, -0.15) is 0 Å². The number of esters is 1. The topological polar surface area (TPSA) is 91.3 Å². The van der Waals surface area contributed by atoms with Gasteiger partial charge in [-0.1, -0.05) is 181 Å². The van der Waals surface area contributed by atoms with Gasteiger partial charge < -0.3 is 18.9 Å². The molecule has 0 rings (SSSR count). The van der Waals surface area contributed by atoms with Crippen LogP contribution in [0.2, 0.25) is 0 Å². The van der Waals surface area contributed by atoms with Gasteiger partial charge in [0.05, 0.1) is 34.4 Å². The molecule has 0 heterocycles. The molecule has 0 radical (unpaired) electrons. The second-order valence-corrected chi connectivity index (χ2v) is 18.9. The Morgan fingerprint density at radius 2 is 0.906 bits per heavy atom. The summed E-state index contributed by atoms with van der Waals surface area (Å²) in [6.07, 6.45) is 65.7. The van der Waals surface area contributed by atoms with E-state index in [2.05, 4.69) is 123 Å². The van der Waals surface area contributed by atoms with Gasteiger partial charge in [0.2, 0.25) is 0 Å². The van der Waals surface area contributed by atoms with E-state index < -0.39 is 13.9 Å². The quantitative estimate of drug-likeness (QED) is 0.0214. The molecular weight excluding hydrogens is 818 g/mol. The van der Waals surface area contributed by atoms with Crippen LogP contribution in [0.1, 0.15) is 174 Å². The van der Waals surface area contributed by atoms with Gasteiger partial charge in [-0.3, -0.25) is 13.8 Å². The predicted octanol–water partition coefficient (Wildman–Crippen LogP) is 15.6. The normalized spacial score (nSPS) is 14.5. The SMILES string of the molecule is CC/C=C\C/C=C\C/C=C\C/C=C\C/C=C\C/C=C\C/C=C\CCCC(=O)OC(COCCCCCCCCCC/C=C\C/C=C\CCCCCC)COP(=O)(O)OCC[N+](C)(C)C. The van der Waals surface area contributed by atoms with Gasteiger partial charge in [0.15, 0.2) is 0 Å². The summed E-state index contributed by atoms with van der Waals surface area (Å²) in [6, 6.07) is 0. The third-order valence-electron chi connectivity index (χ3n) is 10.1. The van der Waals surface area contributed by atoms with Gasteiger partial charge >= 0.3 is 13.8 Å². The Bertz CT molecular complexity index is 1380. The second-order valence-electron chi connectivity index (χ2n) is 17.5. The minimum absolute atomic E-state index is 0.0700. The molecule has 9 heteroatoms. The Morgan fingerprint density at radius 1 is 0.500 bits per heavy atom. The molecule has 0 saturated carbocycles. The molecule has 8 nitrogen and oxygen atoms in total. The van der Waals surface area contributed by atoms with Crippen molar-refractivity contribution in [1.82, 2.24) is 0 Å². The number of allylic oxidation sites excluding steroid dienone is 18. The summed E-state index contributed by atoms with van der Waals surface area (Å²) in [5.41, 5.74) is 0. The minimum Gasteiger partial charge on any atom is -0.457 e. The number of hydrogen-bond acceptors (Lipinski definition) is 6. The highest BCUT2D eigenvalue weighted by atomic mass is 31.2. The third-order valence-corrected chi connectivity index (χ3v) is 11.1. The number of ether oxygens (including phenoxy) is 2. The first-order valence-electron chi connectivity index (χ1n) is 25.1. The van der Waals surface area contributed by atoms with Crippen molar-refractivity contribution in [2.24, 2.45) is 0 Å². The van der Waals surface area contributed by atoms with E-state index >= 15 is 0 Å². The molecule has 64 heavy (non-hydrogen) atoms. The van der Waals surface area contributed by atoms with E-state index in [0.29, 0.717) is 24.1 Å². The van der Waals surface area contributed by atoms with Crippen molar-refractivity contribution in [2.75, 3.05) is 54.1 Å². The van der Waals surface area contributed by atoms with Crippen LogP contribution >= 0.6 is 7.82 Å². The van der Waals surface area contributed by atoms with Crippen molar-refractivity contribution in [2.45, 2.75) is 180 Å². The zero-order valence-electron chi connectivity index (χ0n) is 41.5. The van der Waals surface area contributed by atoms with Crippen LogP contribution < -0.4 is 0 Å². The lowest BCUT2D eigenvalue weighted by atomic mass is 10.1. The van der Waals surface area contributed by atoms with E-state index in [4.69, 9.17) is 18.5 Å². The average molecular weight is 913 g/mol. The minimum atomic E-state index is -4.31. The van der Waals surface area contributed by atoms with Crippen molar-refractivity contribution < 1.29 is 37.3 Å². The van der Waals surface area contributed by atoms with Crippen LogP contribution in [0.4, 0.5) is 0 Å². The highest BCUT2D eigenvalue weighted by Crippen LogP contribution is 2.43. The lowest BCUT2D eigenvalue weighted by Crippen LogP contribution is -2.37. The predicted molar refractivity (Wildman–Crippen MR) is 274 cm³/mol. The second kappa shape index (κ2) is 46.7. The zero-order chi connectivity index (χ0) is 46.9. The van der Waals surface area contributed by atoms with Crippen LogP contribution in [0.3, 0.4) is 0 Å². The summed E-state index contributed by atoms with van der Waals surface area (Å²) in [4.78, 5) is 23.0. The molecule has 0 amide bonds. The molecular formula is C55H95NO7P+. The summed E-state index contributed by atoms with van der Waals surface area (Å²) in [5, 5.41) is 0. The number of carbonyl (C=O) groups excluding carboxylic acids is 1. The van der Waals surface area contributed by atoms with Crippen LogP contribution in [-0.4, -0.2) is 75.6 Å². The monoisotopic (exact) mass is 913 g/mol. The fraction of sp³-hybridized carbons (Fsp3) is 0.655. The number of unbranched alkanes of at least 4 members (excludes halogenated alkanes) is 13. The number of phosphoric ester groups is 1. The molecule has 1 N–H and O–H groups in total. The molecule has 0 fully saturated rings. The van der Waals surface area contributed by atoms with Gasteiger partial charge in [0.1, 0.15) is 19.3 Å². The van der Waals surface area contributed by atoms with Crippen molar-refractivity contribution in [3.63, 3.8) is 0 Å². The van der Waals surface area contributed by atoms with Gasteiger partial charge in [-0.05, 0) is 96.3 Å². The zero-order valence-corrected chi connectivity index (χ0v) is 42.4. The van der Waals surface area contributed by atoms with Gasteiger partial charge in [-0.15, -0.1) is 0 Å². The molecule has 0 bridgehead atoms. The number of quaternary nitrogens is 1. The maximum atomic E-state index is 12.7. The molecule has 0 aliphatic carbocycles. The molecule has 2 unspecified atom stereocenters. The average Bonchev–Trinajstić information content (AvgIpc) is 3.25. The number of carbonyl (C=O) groups is 1. The molecule has 0 aliphatic heterocycles. The first kappa shape index (κ1) is 61.2. The fourth-order valence-electron chi connectivity index (χ4n) is 6.22. The Balaban J connectivity index is 4.32. The third kappa shape index (κ3) is 50.2. The Hall–Kier alpha value is -2.84. The maximum Gasteiger partial charge on any atom is 0.472 e. The van der Waals surface area contributed by atoms with Crippen LogP contribution in [0, 0.1) is 0 Å². The lowest BCUT2D eigenvalue weighted by Gasteiger charge is -2.24. The van der Waals surface area contributed by atoms with Crippen LogP contribution in [0.25, 0.3) is 0 Å². The molecule has 2 atom stereocenters. The number of likely N-dealkylation sites (N-methyl/N-ethyl adjacent to an activating group) is 1. The van der Waals surface area contributed by atoms with E-state index in [0.717, 1.165) is 70.6 Å². The van der Waals surface area contributed by atoms with Crippen LogP contribution in [-0.2, 0) is 27.9 Å². The largest absolute Gasteiger partial charge is 0.472 e. The van der Waals surface area contributed by atoms with Crippen molar-refractivity contribution in [3.05, 3.63) is 109 Å². The number of hydrogen-bond donors (Lipinski definition) is 1. The van der Waals surface area contributed by atoms with Gasteiger partial charge in [-0.25, -0.2) is 4.57 Å². The van der Waals surface area contributed by atoms with E-state index in [-0.39, 0.29) is 32.2 Å². The Morgan fingerprint density at radius 3 is 1.36 bits per heavy atom. The highest BCUT2D eigenvalue weighted by molar-refractivity contribution is 7.47. The molecule has 0 aromatic rings. The summed E-state index contributed by atoms with van der Waals surface area (Å²) < 4.78 is 35.0. The molecule has 0 aliphatic rings. The van der Waals surface area contributed by atoms with Gasteiger partial charge in [0, 0.05) is 13.0 Å². The molecule has 0 saturated heterocycles. The summed E-state index contributed by atoms with van der Waals surface area (Å²) in [7, 11) is 1.61. The van der Waals surface area contributed by atoms with Crippen LogP contribution in [0.15, 0.2) is 109 Å². The molecule has 366 valence electrons. The number of nitrogens with zero attached hydrogens (tertiary/aromatic N) is 1. The smallest absolute Gasteiger partial charge is 0.457 e.